The van der Waals surface area contributed by atoms with Gasteiger partial charge in [0.25, 0.3) is 0 Å². The average molecular weight is 297 g/mol. The van der Waals surface area contributed by atoms with Crippen LogP contribution >= 0.6 is 0 Å². The lowest BCUT2D eigenvalue weighted by Crippen LogP contribution is -2.46. The fourth-order valence-corrected chi connectivity index (χ4v) is 2.67. The Morgan fingerprint density at radius 3 is 2.32 bits per heavy atom. The number of piperazine rings is 1. The molecule has 1 aliphatic rings. The molecule has 5 heteroatoms. The van der Waals surface area contributed by atoms with Gasteiger partial charge in [-0.3, -0.25) is 4.79 Å². The van der Waals surface area contributed by atoms with Crippen LogP contribution in [0.3, 0.4) is 0 Å². The number of carbonyl (C=O) groups is 1. The standard InChI is InChI=1S/C17H19N3O2/c1-22-16-7-5-15(6-8-16)19-9-11-20(12-10-19)17-4-2-3-14(13-21)18-17/h2-8,13H,9-12H2,1H3. The topological polar surface area (TPSA) is 45.7 Å². The number of ether oxygens (including phenoxy) is 1. The summed E-state index contributed by atoms with van der Waals surface area (Å²) in [7, 11) is 1.67. The number of rotatable bonds is 4. The van der Waals surface area contributed by atoms with E-state index in [-0.39, 0.29) is 0 Å². The van der Waals surface area contributed by atoms with Crippen LogP contribution in [-0.4, -0.2) is 44.6 Å². The van der Waals surface area contributed by atoms with E-state index in [1.54, 1.807) is 13.2 Å². The number of nitrogens with zero attached hydrogens (tertiary/aromatic N) is 3. The van der Waals surface area contributed by atoms with Crippen molar-refractivity contribution in [3.05, 3.63) is 48.2 Å². The molecule has 2 heterocycles. The van der Waals surface area contributed by atoms with E-state index < -0.39 is 0 Å². The Hall–Kier alpha value is -2.56. The zero-order chi connectivity index (χ0) is 15.4. The number of benzene rings is 1. The zero-order valence-electron chi connectivity index (χ0n) is 12.6. The predicted molar refractivity (Wildman–Crippen MR) is 87.0 cm³/mol. The highest BCUT2D eigenvalue weighted by Gasteiger charge is 2.18. The molecule has 114 valence electrons. The second-order valence-corrected chi connectivity index (χ2v) is 5.21. The van der Waals surface area contributed by atoms with Gasteiger partial charge in [-0.1, -0.05) is 6.07 Å². The van der Waals surface area contributed by atoms with Crippen molar-refractivity contribution in [3.63, 3.8) is 0 Å². The molecule has 22 heavy (non-hydrogen) atoms. The minimum absolute atomic E-state index is 0.482. The third-order valence-electron chi connectivity index (χ3n) is 3.92. The van der Waals surface area contributed by atoms with E-state index in [9.17, 15) is 4.79 Å². The molecule has 1 aliphatic heterocycles. The predicted octanol–water partition coefficient (Wildman–Crippen LogP) is 2.23. The summed E-state index contributed by atoms with van der Waals surface area (Å²) < 4.78 is 5.19. The first-order valence-corrected chi connectivity index (χ1v) is 7.36. The molecule has 1 aromatic heterocycles. The normalized spacial score (nSPS) is 14.8. The molecule has 0 bridgehead atoms. The molecule has 0 atom stereocenters. The molecule has 1 fully saturated rings. The molecule has 0 spiro atoms. The minimum Gasteiger partial charge on any atom is -0.497 e. The number of methoxy groups -OCH3 is 1. The van der Waals surface area contributed by atoms with Gasteiger partial charge in [0.2, 0.25) is 0 Å². The van der Waals surface area contributed by atoms with Crippen LogP contribution < -0.4 is 14.5 Å². The smallest absolute Gasteiger partial charge is 0.168 e. The molecule has 5 nitrogen and oxygen atoms in total. The van der Waals surface area contributed by atoms with Crippen LogP contribution in [-0.2, 0) is 0 Å². The summed E-state index contributed by atoms with van der Waals surface area (Å²) in [6.07, 6.45) is 0.789. The van der Waals surface area contributed by atoms with Gasteiger partial charge in [0.1, 0.15) is 17.3 Å². The van der Waals surface area contributed by atoms with Crippen LogP contribution in [0.15, 0.2) is 42.5 Å². The Kier molecular flexibility index (Phi) is 4.23. The van der Waals surface area contributed by atoms with E-state index in [4.69, 9.17) is 4.74 Å². The summed E-state index contributed by atoms with van der Waals surface area (Å²) in [6, 6.07) is 13.7. The lowest BCUT2D eigenvalue weighted by Gasteiger charge is -2.36. The molecule has 0 radical (unpaired) electrons. The Morgan fingerprint density at radius 2 is 1.68 bits per heavy atom. The number of aldehydes is 1. The van der Waals surface area contributed by atoms with Gasteiger partial charge in [0.05, 0.1) is 7.11 Å². The van der Waals surface area contributed by atoms with E-state index in [2.05, 4.69) is 26.9 Å². The number of anilines is 2. The first kappa shape index (κ1) is 14.4. The first-order chi connectivity index (χ1) is 10.8. The quantitative estimate of drug-likeness (QED) is 0.810. The minimum atomic E-state index is 0.482. The Labute approximate surface area is 130 Å². The maximum atomic E-state index is 10.8. The van der Waals surface area contributed by atoms with Gasteiger partial charge >= 0.3 is 0 Å². The van der Waals surface area contributed by atoms with Crippen molar-refractivity contribution >= 4 is 17.8 Å². The molecule has 3 rings (SSSR count). The molecule has 1 saturated heterocycles. The van der Waals surface area contributed by atoms with Crippen molar-refractivity contribution in [2.45, 2.75) is 0 Å². The van der Waals surface area contributed by atoms with Gasteiger partial charge in [0.15, 0.2) is 6.29 Å². The van der Waals surface area contributed by atoms with E-state index in [0.29, 0.717) is 5.69 Å². The summed E-state index contributed by atoms with van der Waals surface area (Å²) in [6.45, 7) is 3.64. The fraction of sp³-hybridized carbons (Fsp3) is 0.294. The molecule has 2 aromatic rings. The second kappa shape index (κ2) is 6.47. The number of aromatic nitrogens is 1. The van der Waals surface area contributed by atoms with Gasteiger partial charge < -0.3 is 14.5 Å². The highest BCUT2D eigenvalue weighted by molar-refractivity contribution is 5.72. The summed E-state index contributed by atoms with van der Waals surface area (Å²) in [5.41, 5.74) is 1.69. The lowest BCUT2D eigenvalue weighted by molar-refractivity contribution is 0.111. The van der Waals surface area contributed by atoms with Gasteiger partial charge in [0, 0.05) is 31.9 Å². The summed E-state index contributed by atoms with van der Waals surface area (Å²) >= 11 is 0. The van der Waals surface area contributed by atoms with Gasteiger partial charge in [-0.25, -0.2) is 4.98 Å². The molecule has 0 unspecified atom stereocenters. The maximum absolute atomic E-state index is 10.8. The van der Waals surface area contributed by atoms with E-state index in [1.165, 1.54) is 5.69 Å². The number of carbonyl (C=O) groups excluding carboxylic acids is 1. The van der Waals surface area contributed by atoms with Crippen molar-refractivity contribution in [3.8, 4) is 5.75 Å². The highest BCUT2D eigenvalue weighted by atomic mass is 16.5. The molecule has 1 aromatic carbocycles. The van der Waals surface area contributed by atoms with Crippen molar-refractivity contribution in [1.82, 2.24) is 4.98 Å². The Morgan fingerprint density at radius 1 is 1.00 bits per heavy atom. The van der Waals surface area contributed by atoms with Crippen LogP contribution in [0.1, 0.15) is 10.5 Å². The van der Waals surface area contributed by atoms with Crippen LogP contribution in [0.2, 0.25) is 0 Å². The second-order valence-electron chi connectivity index (χ2n) is 5.21. The molecule has 0 N–H and O–H groups in total. The van der Waals surface area contributed by atoms with Crippen LogP contribution in [0, 0.1) is 0 Å². The van der Waals surface area contributed by atoms with E-state index in [0.717, 1.165) is 44.0 Å². The number of pyridine rings is 1. The lowest BCUT2D eigenvalue weighted by atomic mass is 10.2. The summed E-state index contributed by atoms with van der Waals surface area (Å²) in [4.78, 5) is 19.8. The third-order valence-corrected chi connectivity index (χ3v) is 3.92. The fourth-order valence-electron chi connectivity index (χ4n) is 2.67. The van der Waals surface area contributed by atoms with Crippen molar-refractivity contribution in [2.75, 3.05) is 43.1 Å². The first-order valence-electron chi connectivity index (χ1n) is 7.36. The SMILES string of the molecule is COc1ccc(N2CCN(c3cccc(C=O)n3)CC2)cc1. The van der Waals surface area contributed by atoms with Crippen molar-refractivity contribution in [1.29, 1.82) is 0 Å². The number of hydrogen-bond acceptors (Lipinski definition) is 5. The number of hydrogen-bond donors (Lipinski definition) is 0. The van der Waals surface area contributed by atoms with Crippen molar-refractivity contribution < 1.29 is 9.53 Å². The van der Waals surface area contributed by atoms with Gasteiger partial charge in [-0.2, -0.15) is 0 Å². The zero-order valence-corrected chi connectivity index (χ0v) is 12.6. The molecule has 0 amide bonds. The highest BCUT2D eigenvalue weighted by Crippen LogP contribution is 2.22. The average Bonchev–Trinajstić information content (AvgIpc) is 2.62. The van der Waals surface area contributed by atoms with E-state index >= 15 is 0 Å². The monoisotopic (exact) mass is 297 g/mol. The van der Waals surface area contributed by atoms with Crippen LogP contribution in [0.25, 0.3) is 0 Å². The maximum Gasteiger partial charge on any atom is 0.168 e. The van der Waals surface area contributed by atoms with Crippen LogP contribution in [0.4, 0.5) is 11.5 Å². The van der Waals surface area contributed by atoms with Gasteiger partial charge in [-0.15, -0.1) is 0 Å². The summed E-state index contributed by atoms with van der Waals surface area (Å²) in [5.74, 6) is 1.75. The Balaban J connectivity index is 1.65. The molecular weight excluding hydrogens is 278 g/mol. The summed E-state index contributed by atoms with van der Waals surface area (Å²) in [5, 5.41) is 0. The van der Waals surface area contributed by atoms with Crippen LogP contribution in [0.5, 0.6) is 5.75 Å². The van der Waals surface area contributed by atoms with E-state index in [1.807, 2.05) is 24.3 Å². The third kappa shape index (κ3) is 3.03. The molecular formula is C17H19N3O2. The molecule has 0 saturated carbocycles. The van der Waals surface area contributed by atoms with Crippen molar-refractivity contribution in [2.24, 2.45) is 0 Å². The largest absolute Gasteiger partial charge is 0.497 e. The molecule has 0 aliphatic carbocycles. The Bertz CT molecular complexity index is 635. The van der Waals surface area contributed by atoms with Gasteiger partial charge in [-0.05, 0) is 36.4 Å².